The molecule has 0 unspecified atom stereocenters. The number of fused-ring (bicyclic) bond motifs is 2. The van der Waals surface area contributed by atoms with E-state index in [1.54, 1.807) is 12.1 Å². The molecule has 0 spiro atoms. The molecular formula is C20H15N3O3S. The zero-order valence-electron chi connectivity index (χ0n) is 14.4. The first-order valence-electron chi connectivity index (χ1n) is 8.28. The van der Waals surface area contributed by atoms with Crippen molar-refractivity contribution in [3.8, 4) is 0 Å². The normalized spacial score (nSPS) is 10.9. The van der Waals surface area contributed by atoms with E-state index in [9.17, 15) is 9.59 Å². The van der Waals surface area contributed by atoms with Crippen LogP contribution >= 0.6 is 11.3 Å². The van der Waals surface area contributed by atoms with Gasteiger partial charge in [-0.05, 0) is 36.8 Å². The van der Waals surface area contributed by atoms with E-state index in [1.165, 1.54) is 11.3 Å². The number of pyridine rings is 1. The molecule has 0 bridgehead atoms. The standard InChI is InChI=1S/C20H15N3O3S/c1-12-6-8-15-17(10-12)27-20(22-15)23-18(24)11-26-19(25)16-9-7-13-4-2-3-5-14(13)21-16/h2-10H,11H2,1H3,(H,22,23,24). The van der Waals surface area contributed by atoms with Crippen molar-refractivity contribution in [1.82, 2.24) is 9.97 Å². The summed E-state index contributed by atoms with van der Waals surface area (Å²) in [4.78, 5) is 32.8. The minimum absolute atomic E-state index is 0.164. The number of nitrogens with zero attached hydrogens (tertiary/aromatic N) is 2. The van der Waals surface area contributed by atoms with Gasteiger partial charge in [0.15, 0.2) is 11.7 Å². The number of rotatable bonds is 4. The third kappa shape index (κ3) is 3.78. The van der Waals surface area contributed by atoms with Crippen molar-refractivity contribution in [3.05, 3.63) is 65.9 Å². The van der Waals surface area contributed by atoms with Crippen LogP contribution < -0.4 is 5.32 Å². The predicted molar refractivity (Wildman–Crippen MR) is 105 cm³/mol. The number of aryl methyl sites for hydroxylation is 1. The van der Waals surface area contributed by atoms with Gasteiger partial charge < -0.3 is 4.74 Å². The molecule has 0 saturated carbocycles. The van der Waals surface area contributed by atoms with E-state index < -0.39 is 18.5 Å². The van der Waals surface area contributed by atoms with Gasteiger partial charge in [0.05, 0.1) is 15.7 Å². The van der Waals surface area contributed by atoms with Gasteiger partial charge in [0.2, 0.25) is 0 Å². The lowest BCUT2D eigenvalue weighted by atomic mass is 10.2. The van der Waals surface area contributed by atoms with Gasteiger partial charge in [-0.2, -0.15) is 0 Å². The number of thiazole rings is 1. The Bertz CT molecular complexity index is 1170. The number of ether oxygens (including phenoxy) is 1. The van der Waals surface area contributed by atoms with Crippen LogP contribution in [0.1, 0.15) is 16.1 Å². The molecule has 0 atom stereocenters. The summed E-state index contributed by atoms with van der Waals surface area (Å²) in [6, 6.07) is 16.7. The molecule has 4 aromatic rings. The topological polar surface area (TPSA) is 81.2 Å². The minimum atomic E-state index is -0.643. The molecule has 0 saturated heterocycles. The Morgan fingerprint density at radius 3 is 2.78 bits per heavy atom. The van der Waals surface area contributed by atoms with Gasteiger partial charge in [-0.3, -0.25) is 10.1 Å². The fraction of sp³-hybridized carbons (Fsp3) is 0.100. The minimum Gasteiger partial charge on any atom is -0.451 e. The molecule has 2 aromatic heterocycles. The van der Waals surface area contributed by atoms with E-state index in [0.29, 0.717) is 10.6 Å². The molecule has 7 heteroatoms. The predicted octanol–water partition coefficient (Wildman–Crippen LogP) is 3.95. The average molecular weight is 377 g/mol. The van der Waals surface area contributed by atoms with Crippen LogP contribution in [-0.4, -0.2) is 28.5 Å². The first kappa shape index (κ1) is 17.1. The van der Waals surface area contributed by atoms with Crippen molar-refractivity contribution in [3.63, 3.8) is 0 Å². The number of carbonyl (C=O) groups is 2. The van der Waals surface area contributed by atoms with E-state index in [2.05, 4.69) is 15.3 Å². The van der Waals surface area contributed by atoms with E-state index >= 15 is 0 Å². The molecular weight excluding hydrogens is 362 g/mol. The fourth-order valence-electron chi connectivity index (χ4n) is 2.63. The maximum absolute atomic E-state index is 12.1. The highest BCUT2D eigenvalue weighted by molar-refractivity contribution is 7.22. The molecule has 0 fully saturated rings. The monoisotopic (exact) mass is 377 g/mol. The summed E-state index contributed by atoms with van der Waals surface area (Å²) in [6.07, 6.45) is 0. The van der Waals surface area contributed by atoms with Gasteiger partial charge in [-0.15, -0.1) is 0 Å². The fourth-order valence-corrected chi connectivity index (χ4v) is 3.61. The molecule has 27 heavy (non-hydrogen) atoms. The number of aromatic nitrogens is 2. The number of anilines is 1. The number of amides is 1. The molecule has 0 aliphatic heterocycles. The number of hydrogen-bond donors (Lipinski definition) is 1. The summed E-state index contributed by atoms with van der Waals surface area (Å²) in [5, 5.41) is 4.06. The highest BCUT2D eigenvalue weighted by Gasteiger charge is 2.14. The largest absolute Gasteiger partial charge is 0.451 e. The number of carbonyl (C=O) groups excluding carboxylic acids is 2. The second kappa shape index (κ2) is 7.13. The van der Waals surface area contributed by atoms with Gasteiger partial charge in [0, 0.05) is 5.39 Å². The number of hydrogen-bond acceptors (Lipinski definition) is 6. The summed E-state index contributed by atoms with van der Waals surface area (Å²) in [5.41, 5.74) is 2.80. The third-order valence-corrected chi connectivity index (χ3v) is 4.87. The number of para-hydroxylation sites is 1. The van der Waals surface area contributed by atoms with E-state index in [0.717, 1.165) is 21.2 Å². The molecule has 1 N–H and O–H groups in total. The second-order valence-corrected chi connectivity index (χ2v) is 7.03. The Labute approximate surface area is 158 Å². The summed E-state index contributed by atoms with van der Waals surface area (Å²) >= 11 is 1.38. The zero-order valence-corrected chi connectivity index (χ0v) is 15.2. The third-order valence-electron chi connectivity index (χ3n) is 3.93. The molecule has 0 aliphatic carbocycles. The van der Waals surface area contributed by atoms with Gasteiger partial charge >= 0.3 is 5.97 Å². The number of esters is 1. The molecule has 0 aliphatic rings. The van der Waals surface area contributed by atoms with Crippen LogP contribution in [0.5, 0.6) is 0 Å². The summed E-state index contributed by atoms with van der Waals surface area (Å²) in [7, 11) is 0. The van der Waals surface area contributed by atoms with Crippen molar-refractivity contribution < 1.29 is 14.3 Å². The van der Waals surface area contributed by atoms with Gasteiger partial charge in [0.1, 0.15) is 5.69 Å². The smallest absolute Gasteiger partial charge is 0.357 e. The Balaban J connectivity index is 1.39. The number of benzene rings is 2. The van der Waals surface area contributed by atoms with Crippen LogP contribution in [0.25, 0.3) is 21.1 Å². The highest BCUT2D eigenvalue weighted by Crippen LogP contribution is 2.26. The first-order valence-corrected chi connectivity index (χ1v) is 9.10. The van der Waals surface area contributed by atoms with Crippen LogP contribution in [-0.2, 0) is 9.53 Å². The van der Waals surface area contributed by atoms with Gasteiger partial charge in [0.25, 0.3) is 5.91 Å². The Morgan fingerprint density at radius 1 is 1.04 bits per heavy atom. The zero-order chi connectivity index (χ0) is 18.8. The average Bonchev–Trinajstić information content (AvgIpc) is 3.06. The maximum atomic E-state index is 12.1. The first-order chi connectivity index (χ1) is 13.1. The molecule has 2 aromatic carbocycles. The molecule has 134 valence electrons. The second-order valence-electron chi connectivity index (χ2n) is 6.00. The Hall–Kier alpha value is -3.32. The Morgan fingerprint density at radius 2 is 1.89 bits per heavy atom. The van der Waals surface area contributed by atoms with Crippen molar-refractivity contribution in [2.45, 2.75) is 6.92 Å². The quantitative estimate of drug-likeness (QED) is 0.545. The van der Waals surface area contributed by atoms with Crippen LogP contribution in [0, 0.1) is 6.92 Å². The molecule has 4 rings (SSSR count). The lowest BCUT2D eigenvalue weighted by Gasteiger charge is -2.05. The summed E-state index contributed by atoms with van der Waals surface area (Å²) in [5.74, 6) is -1.09. The van der Waals surface area contributed by atoms with Crippen LogP contribution in [0.2, 0.25) is 0 Å². The molecule has 1 amide bonds. The molecule has 6 nitrogen and oxygen atoms in total. The highest BCUT2D eigenvalue weighted by atomic mass is 32.1. The summed E-state index contributed by atoms with van der Waals surface area (Å²) in [6.45, 7) is 1.60. The lowest BCUT2D eigenvalue weighted by Crippen LogP contribution is -2.21. The maximum Gasteiger partial charge on any atom is 0.357 e. The van der Waals surface area contributed by atoms with E-state index in [4.69, 9.17) is 4.74 Å². The lowest BCUT2D eigenvalue weighted by molar-refractivity contribution is -0.119. The molecule has 2 heterocycles. The van der Waals surface area contributed by atoms with Crippen LogP contribution in [0.15, 0.2) is 54.6 Å². The van der Waals surface area contributed by atoms with Crippen molar-refractivity contribution >= 4 is 49.5 Å². The van der Waals surface area contributed by atoms with Crippen LogP contribution in [0.3, 0.4) is 0 Å². The summed E-state index contributed by atoms with van der Waals surface area (Å²) < 4.78 is 6.06. The molecule has 0 radical (unpaired) electrons. The van der Waals surface area contributed by atoms with Crippen molar-refractivity contribution in [1.29, 1.82) is 0 Å². The SMILES string of the molecule is Cc1ccc2nc(NC(=O)COC(=O)c3ccc4ccccc4n3)sc2c1. The van der Waals surface area contributed by atoms with Crippen LogP contribution in [0.4, 0.5) is 5.13 Å². The van der Waals surface area contributed by atoms with E-state index in [-0.39, 0.29) is 5.69 Å². The van der Waals surface area contributed by atoms with Crippen molar-refractivity contribution in [2.75, 3.05) is 11.9 Å². The number of nitrogens with one attached hydrogen (secondary N) is 1. The van der Waals surface area contributed by atoms with Gasteiger partial charge in [-0.1, -0.05) is 41.7 Å². The van der Waals surface area contributed by atoms with Crippen molar-refractivity contribution in [2.24, 2.45) is 0 Å². The van der Waals surface area contributed by atoms with Gasteiger partial charge in [-0.25, -0.2) is 14.8 Å². The Kier molecular flexibility index (Phi) is 4.52. The van der Waals surface area contributed by atoms with E-state index in [1.807, 2.05) is 49.4 Å².